The largest absolute Gasteiger partial charge is 0.459 e. The first-order valence-electron chi connectivity index (χ1n) is 7.86. The molecule has 1 N–H and O–H groups in total. The van der Waals surface area contributed by atoms with Crippen molar-refractivity contribution in [2.75, 3.05) is 13.2 Å². The number of aryl methyl sites for hydroxylation is 1. The number of benzene rings is 1. The van der Waals surface area contributed by atoms with Crippen molar-refractivity contribution in [1.82, 2.24) is 5.32 Å². The summed E-state index contributed by atoms with van der Waals surface area (Å²) in [5, 5.41) is 2.40. The molecule has 0 bridgehead atoms. The summed E-state index contributed by atoms with van der Waals surface area (Å²) in [6.45, 7) is 7.91. The van der Waals surface area contributed by atoms with Crippen LogP contribution in [0.5, 0.6) is 0 Å². The Hall–Kier alpha value is -1.93. The lowest BCUT2D eigenvalue weighted by Crippen LogP contribution is -2.38. The summed E-state index contributed by atoms with van der Waals surface area (Å²) in [5.41, 5.74) is 0.285. The fourth-order valence-corrected chi connectivity index (χ4v) is 2.74. The van der Waals surface area contributed by atoms with Gasteiger partial charge >= 0.3 is 5.97 Å². The molecule has 0 spiro atoms. The molecule has 1 rings (SSSR count). The summed E-state index contributed by atoms with van der Waals surface area (Å²) in [7, 11) is -3.93. The zero-order valence-electron chi connectivity index (χ0n) is 15.2. The second-order valence-electron chi connectivity index (χ2n) is 6.76. The van der Waals surface area contributed by atoms with E-state index in [9.17, 15) is 18.0 Å². The standard InChI is InChI=1S/C17H25NO6S/c1-12-6-8-14(9-7-12)25(21,22)23-11-13(2)16(20)18-10-15(19)24-17(3,4)5/h6-9,13H,10-11H2,1-5H3,(H,18,20). The Morgan fingerprint density at radius 2 is 1.72 bits per heavy atom. The molecule has 7 nitrogen and oxygen atoms in total. The Bertz CT molecular complexity index is 704. The number of carbonyl (C=O) groups is 2. The molecule has 0 saturated carbocycles. The average molecular weight is 371 g/mol. The van der Waals surface area contributed by atoms with Crippen LogP contribution in [0.1, 0.15) is 33.3 Å². The molecule has 0 aromatic heterocycles. The van der Waals surface area contributed by atoms with E-state index in [2.05, 4.69) is 5.32 Å². The molecule has 1 aromatic carbocycles. The van der Waals surface area contributed by atoms with Gasteiger partial charge in [0.2, 0.25) is 5.91 Å². The summed E-state index contributed by atoms with van der Waals surface area (Å²) >= 11 is 0. The number of ether oxygens (including phenoxy) is 1. The van der Waals surface area contributed by atoms with E-state index in [1.54, 1.807) is 32.9 Å². The van der Waals surface area contributed by atoms with Crippen molar-refractivity contribution in [2.24, 2.45) is 5.92 Å². The highest BCUT2D eigenvalue weighted by molar-refractivity contribution is 7.86. The van der Waals surface area contributed by atoms with Gasteiger partial charge in [0.05, 0.1) is 17.4 Å². The van der Waals surface area contributed by atoms with Crippen LogP contribution in [0.4, 0.5) is 0 Å². The minimum absolute atomic E-state index is 0.0273. The zero-order chi connectivity index (χ0) is 19.3. The van der Waals surface area contributed by atoms with Gasteiger partial charge in [-0.05, 0) is 39.8 Å². The first-order chi connectivity index (χ1) is 11.4. The molecule has 0 aliphatic carbocycles. The van der Waals surface area contributed by atoms with Crippen molar-refractivity contribution in [3.8, 4) is 0 Å². The van der Waals surface area contributed by atoms with Gasteiger partial charge in [0.1, 0.15) is 12.1 Å². The third kappa shape index (κ3) is 7.66. The maximum atomic E-state index is 12.1. The lowest BCUT2D eigenvalue weighted by molar-refractivity contribution is -0.154. The molecule has 0 aliphatic rings. The van der Waals surface area contributed by atoms with E-state index in [0.29, 0.717) is 0 Å². The van der Waals surface area contributed by atoms with Crippen LogP contribution in [-0.2, 0) is 28.6 Å². The molecule has 1 amide bonds. The van der Waals surface area contributed by atoms with Crippen LogP contribution >= 0.6 is 0 Å². The smallest absolute Gasteiger partial charge is 0.325 e. The molecule has 1 aromatic rings. The molecule has 0 fully saturated rings. The van der Waals surface area contributed by atoms with E-state index in [4.69, 9.17) is 8.92 Å². The Morgan fingerprint density at radius 3 is 2.24 bits per heavy atom. The van der Waals surface area contributed by atoms with E-state index >= 15 is 0 Å². The molecule has 1 atom stereocenters. The number of hydrogen-bond acceptors (Lipinski definition) is 6. The second kappa shape index (κ2) is 8.44. The highest BCUT2D eigenvalue weighted by Crippen LogP contribution is 2.14. The van der Waals surface area contributed by atoms with Crippen LogP contribution in [-0.4, -0.2) is 39.0 Å². The van der Waals surface area contributed by atoms with E-state index in [1.807, 2.05) is 6.92 Å². The molecule has 0 radical (unpaired) electrons. The van der Waals surface area contributed by atoms with Gasteiger partial charge in [-0.3, -0.25) is 13.8 Å². The molecule has 0 saturated heterocycles. The predicted molar refractivity (Wildman–Crippen MR) is 92.3 cm³/mol. The van der Waals surface area contributed by atoms with Crippen LogP contribution in [0.3, 0.4) is 0 Å². The highest BCUT2D eigenvalue weighted by Gasteiger charge is 2.22. The van der Waals surface area contributed by atoms with Gasteiger partial charge in [-0.1, -0.05) is 24.6 Å². The number of nitrogens with one attached hydrogen (secondary N) is 1. The van der Waals surface area contributed by atoms with Gasteiger partial charge in [0, 0.05) is 0 Å². The van der Waals surface area contributed by atoms with Crippen molar-refractivity contribution in [3.63, 3.8) is 0 Å². The maximum absolute atomic E-state index is 12.1. The lowest BCUT2D eigenvalue weighted by atomic mass is 10.2. The van der Waals surface area contributed by atoms with Gasteiger partial charge in [0.15, 0.2) is 0 Å². The third-order valence-corrected chi connectivity index (χ3v) is 4.35. The Labute approximate surface area is 148 Å². The van der Waals surface area contributed by atoms with Crippen molar-refractivity contribution >= 4 is 22.0 Å². The number of rotatable bonds is 7. The number of carbonyl (C=O) groups excluding carboxylic acids is 2. The molecule has 0 aliphatic heterocycles. The van der Waals surface area contributed by atoms with Crippen LogP contribution in [0, 0.1) is 12.8 Å². The van der Waals surface area contributed by atoms with Gasteiger partial charge < -0.3 is 10.1 Å². The predicted octanol–water partition coefficient (Wildman–Crippen LogP) is 1.79. The molecule has 140 valence electrons. The normalized spacial score (nSPS) is 13.2. The minimum atomic E-state index is -3.93. The highest BCUT2D eigenvalue weighted by atomic mass is 32.2. The molecule has 1 unspecified atom stereocenters. The summed E-state index contributed by atoms with van der Waals surface area (Å²) in [4.78, 5) is 23.5. The molecule has 8 heteroatoms. The minimum Gasteiger partial charge on any atom is -0.459 e. The fourth-order valence-electron chi connectivity index (χ4n) is 1.75. The molecular formula is C17H25NO6S. The van der Waals surface area contributed by atoms with Crippen LogP contribution < -0.4 is 5.32 Å². The van der Waals surface area contributed by atoms with Crippen molar-refractivity contribution < 1.29 is 26.9 Å². The van der Waals surface area contributed by atoms with E-state index < -0.39 is 33.5 Å². The van der Waals surface area contributed by atoms with Gasteiger partial charge in [-0.15, -0.1) is 0 Å². The summed E-state index contributed by atoms with van der Waals surface area (Å²) in [6, 6.07) is 6.20. The summed E-state index contributed by atoms with van der Waals surface area (Å²) in [6.07, 6.45) is 0. The van der Waals surface area contributed by atoms with E-state index in [-0.39, 0.29) is 18.0 Å². The average Bonchev–Trinajstić information content (AvgIpc) is 2.49. The molecular weight excluding hydrogens is 346 g/mol. The van der Waals surface area contributed by atoms with E-state index in [1.165, 1.54) is 19.1 Å². The van der Waals surface area contributed by atoms with Crippen LogP contribution in [0.15, 0.2) is 29.2 Å². The van der Waals surface area contributed by atoms with Crippen LogP contribution in [0.2, 0.25) is 0 Å². The maximum Gasteiger partial charge on any atom is 0.325 e. The monoisotopic (exact) mass is 371 g/mol. The fraction of sp³-hybridized carbons (Fsp3) is 0.529. The SMILES string of the molecule is Cc1ccc(S(=O)(=O)OCC(C)C(=O)NCC(=O)OC(C)(C)C)cc1. The Kier molecular flexibility index (Phi) is 7.13. The second-order valence-corrected chi connectivity index (χ2v) is 8.37. The summed E-state index contributed by atoms with van der Waals surface area (Å²) in [5.74, 6) is -1.81. The number of hydrogen-bond donors (Lipinski definition) is 1. The summed E-state index contributed by atoms with van der Waals surface area (Å²) < 4.78 is 34.1. The third-order valence-electron chi connectivity index (χ3n) is 3.06. The van der Waals surface area contributed by atoms with Crippen LogP contribution in [0.25, 0.3) is 0 Å². The van der Waals surface area contributed by atoms with E-state index in [0.717, 1.165) is 5.56 Å². The molecule has 0 heterocycles. The quantitative estimate of drug-likeness (QED) is 0.580. The first kappa shape index (κ1) is 21.1. The Balaban J connectivity index is 2.50. The van der Waals surface area contributed by atoms with Gasteiger partial charge in [0.25, 0.3) is 10.1 Å². The first-order valence-corrected chi connectivity index (χ1v) is 9.27. The number of esters is 1. The van der Waals surface area contributed by atoms with Crippen molar-refractivity contribution in [2.45, 2.75) is 45.1 Å². The molecule has 25 heavy (non-hydrogen) atoms. The van der Waals surface area contributed by atoms with Gasteiger partial charge in [-0.25, -0.2) is 0 Å². The van der Waals surface area contributed by atoms with Gasteiger partial charge in [-0.2, -0.15) is 8.42 Å². The van der Waals surface area contributed by atoms with Crippen molar-refractivity contribution in [1.29, 1.82) is 0 Å². The lowest BCUT2D eigenvalue weighted by Gasteiger charge is -2.20. The topological polar surface area (TPSA) is 98.8 Å². The Morgan fingerprint density at radius 1 is 1.16 bits per heavy atom. The number of amides is 1. The zero-order valence-corrected chi connectivity index (χ0v) is 16.0. The van der Waals surface area contributed by atoms with Crippen molar-refractivity contribution in [3.05, 3.63) is 29.8 Å².